The minimum atomic E-state index is 0.0833. The van der Waals surface area contributed by atoms with Crippen molar-refractivity contribution in [1.29, 1.82) is 5.26 Å². The molecule has 68 valence electrons. The lowest BCUT2D eigenvalue weighted by atomic mass is 10.7. The maximum Gasteiger partial charge on any atom is 0.0905 e. The molecule has 0 saturated heterocycles. The fourth-order valence-corrected chi connectivity index (χ4v) is 0. The lowest BCUT2D eigenvalue weighted by molar-refractivity contribution is 0.343. The van der Waals surface area contributed by atoms with Gasteiger partial charge in [0.1, 0.15) is 0 Å². The summed E-state index contributed by atoms with van der Waals surface area (Å²) in [4.78, 5) is 0. The molecule has 0 unspecified atom stereocenters. The van der Waals surface area contributed by atoms with Crippen LogP contribution in [-0.2, 0) is 0 Å². The van der Waals surface area contributed by atoms with Crippen molar-refractivity contribution >= 4 is 11.6 Å². The normalized spacial score (nSPS) is 5.42. The standard InChI is InChI=1S/C3H5Cl.C3H3N.C3H6O/c3*1-2-3-4/h2H,1,3H2;2H,1H2;2,4H,1,3H2. The lowest BCUT2D eigenvalue weighted by Gasteiger charge is -1.60. The molecule has 0 rings (SSSR count). The van der Waals surface area contributed by atoms with Crippen LogP contribution in [0, 0.1) is 11.3 Å². The third-order valence-corrected chi connectivity index (χ3v) is 0.548. The SMILES string of the molecule is C=CC#N.C=CCCl.C=CCO. The number of rotatable bonds is 2. The highest BCUT2D eigenvalue weighted by Gasteiger charge is 1.48. The number of allylic oxidation sites excluding steroid dienone is 2. The second kappa shape index (κ2) is 32.5. The van der Waals surface area contributed by atoms with Crippen LogP contribution in [0.15, 0.2) is 38.0 Å². The zero-order valence-corrected chi connectivity index (χ0v) is 7.80. The van der Waals surface area contributed by atoms with E-state index in [-0.39, 0.29) is 6.61 Å². The van der Waals surface area contributed by atoms with E-state index in [9.17, 15) is 0 Å². The van der Waals surface area contributed by atoms with E-state index in [0.29, 0.717) is 5.88 Å². The van der Waals surface area contributed by atoms with Crippen LogP contribution in [0.3, 0.4) is 0 Å². The number of hydrogen-bond donors (Lipinski definition) is 1. The molecule has 0 fully saturated rings. The summed E-state index contributed by atoms with van der Waals surface area (Å²) in [6.07, 6.45) is 4.25. The molecule has 1 N–H and O–H groups in total. The first-order valence-electron chi connectivity index (χ1n) is 3.14. The molecule has 2 nitrogen and oxygen atoms in total. The van der Waals surface area contributed by atoms with Crippen molar-refractivity contribution in [2.75, 3.05) is 12.5 Å². The fourth-order valence-electron chi connectivity index (χ4n) is 0. The molecule has 0 aromatic heterocycles. The van der Waals surface area contributed by atoms with Gasteiger partial charge >= 0.3 is 0 Å². The molecule has 0 atom stereocenters. The summed E-state index contributed by atoms with van der Waals surface area (Å²) in [5.74, 6) is 0.556. The summed E-state index contributed by atoms with van der Waals surface area (Å²) >= 11 is 5.07. The van der Waals surface area contributed by atoms with Crippen molar-refractivity contribution < 1.29 is 5.11 Å². The van der Waals surface area contributed by atoms with Crippen LogP contribution in [0.1, 0.15) is 0 Å². The van der Waals surface area contributed by atoms with Crippen LogP contribution < -0.4 is 0 Å². The van der Waals surface area contributed by atoms with Crippen molar-refractivity contribution in [2.24, 2.45) is 0 Å². The first-order chi connectivity index (χ1) is 5.74. The van der Waals surface area contributed by atoms with Gasteiger partial charge in [-0.15, -0.1) is 24.8 Å². The van der Waals surface area contributed by atoms with Crippen molar-refractivity contribution in [3.05, 3.63) is 38.0 Å². The molecule has 12 heavy (non-hydrogen) atoms. The Hall–Kier alpha value is -1.04. The number of halogens is 1. The highest BCUT2D eigenvalue weighted by atomic mass is 35.5. The number of aliphatic hydroxyl groups excluding tert-OH is 1. The van der Waals surface area contributed by atoms with E-state index in [1.165, 1.54) is 12.2 Å². The van der Waals surface area contributed by atoms with E-state index in [0.717, 1.165) is 0 Å². The predicted molar refractivity (Wildman–Crippen MR) is 54.0 cm³/mol. The van der Waals surface area contributed by atoms with Gasteiger partial charge in [0.25, 0.3) is 0 Å². The molecule has 0 spiro atoms. The lowest BCUT2D eigenvalue weighted by Crippen LogP contribution is -1.62. The van der Waals surface area contributed by atoms with E-state index in [1.807, 2.05) is 0 Å². The smallest absolute Gasteiger partial charge is 0.0905 e. The summed E-state index contributed by atoms with van der Waals surface area (Å²) in [6, 6.07) is 1.69. The van der Waals surface area contributed by atoms with Crippen molar-refractivity contribution in [3.63, 3.8) is 0 Å². The van der Waals surface area contributed by atoms with E-state index in [1.54, 1.807) is 12.1 Å². The summed E-state index contributed by atoms with van der Waals surface area (Å²) < 4.78 is 0. The Labute approximate surface area is 79.1 Å². The van der Waals surface area contributed by atoms with Crippen molar-refractivity contribution in [2.45, 2.75) is 0 Å². The quantitative estimate of drug-likeness (QED) is 0.410. The first-order valence-corrected chi connectivity index (χ1v) is 3.67. The Bertz CT molecular complexity index is 130. The van der Waals surface area contributed by atoms with Gasteiger partial charge in [-0.3, -0.25) is 0 Å². The topological polar surface area (TPSA) is 44.0 Å². The number of alkyl halides is 1. The monoisotopic (exact) mass is 187 g/mol. The van der Waals surface area contributed by atoms with Crippen LogP contribution in [0.4, 0.5) is 0 Å². The molecule has 0 aliphatic rings. The fraction of sp³-hybridized carbons (Fsp3) is 0.222. The summed E-state index contributed by atoms with van der Waals surface area (Å²) in [6.45, 7) is 9.78. The van der Waals surface area contributed by atoms with Gasteiger partial charge in [-0.05, 0) is 0 Å². The Morgan fingerprint density at radius 2 is 1.58 bits per heavy atom. The molecule has 0 amide bonds. The van der Waals surface area contributed by atoms with Gasteiger partial charge in [0.05, 0.1) is 12.7 Å². The van der Waals surface area contributed by atoms with E-state index in [4.69, 9.17) is 22.0 Å². The third-order valence-electron chi connectivity index (χ3n) is 0.329. The van der Waals surface area contributed by atoms with Crippen LogP contribution in [-0.4, -0.2) is 17.6 Å². The van der Waals surface area contributed by atoms with E-state index < -0.39 is 0 Å². The highest BCUT2D eigenvalue weighted by molar-refractivity contribution is 6.18. The van der Waals surface area contributed by atoms with Gasteiger partial charge in [-0.1, -0.05) is 18.7 Å². The molecule has 0 aliphatic carbocycles. The van der Waals surface area contributed by atoms with Gasteiger partial charge in [-0.25, -0.2) is 0 Å². The number of nitrogens with zero attached hydrogens (tertiary/aromatic N) is 1. The minimum absolute atomic E-state index is 0.0833. The van der Waals surface area contributed by atoms with Crippen LogP contribution >= 0.6 is 11.6 Å². The van der Waals surface area contributed by atoms with E-state index in [2.05, 4.69) is 19.7 Å². The van der Waals surface area contributed by atoms with Gasteiger partial charge in [0.15, 0.2) is 0 Å². The van der Waals surface area contributed by atoms with Crippen LogP contribution in [0.5, 0.6) is 0 Å². The molecule has 0 aromatic carbocycles. The molecular weight excluding hydrogens is 174 g/mol. The Kier molecular flexibility index (Phi) is 46.5. The third kappa shape index (κ3) is 148. The first kappa shape index (κ1) is 17.2. The molecule has 0 heterocycles. The van der Waals surface area contributed by atoms with Crippen LogP contribution in [0.25, 0.3) is 0 Å². The van der Waals surface area contributed by atoms with Crippen LogP contribution in [0.2, 0.25) is 0 Å². The second-order valence-corrected chi connectivity index (χ2v) is 1.56. The van der Waals surface area contributed by atoms with Gasteiger partial charge in [0.2, 0.25) is 0 Å². The Morgan fingerprint density at radius 1 is 1.33 bits per heavy atom. The Morgan fingerprint density at radius 3 is 1.58 bits per heavy atom. The van der Waals surface area contributed by atoms with Gasteiger partial charge in [-0.2, -0.15) is 5.26 Å². The maximum atomic E-state index is 7.76. The predicted octanol–water partition coefficient (Wildman–Crippen LogP) is 2.27. The zero-order chi connectivity index (χ0) is 10.2. The molecule has 0 saturated carbocycles. The highest BCUT2D eigenvalue weighted by Crippen LogP contribution is 1.67. The average molecular weight is 188 g/mol. The minimum Gasteiger partial charge on any atom is -0.392 e. The Balaban J connectivity index is -0.000000101. The molecule has 3 heteroatoms. The molecular formula is C9H14ClNO. The zero-order valence-electron chi connectivity index (χ0n) is 7.04. The second-order valence-electron chi connectivity index (χ2n) is 1.25. The number of nitriles is 1. The molecule has 0 aliphatic heterocycles. The summed E-state index contributed by atoms with van der Waals surface area (Å²) in [7, 11) is 0. The molecule has 0 aromatic rings. The summed E-state index contributed by atoms with van der Waals surface area (Å²) in [5.41, 5.74) is 0. The molecule has 0 bridgehead atoms. The average Bonchev–Trinajstić information content (AvgIpc) is 2.18. The molecule has 0 radical (unpaired) electrons. The van der Waals surface area contributed by atoms with Gasteiger partial charge in [0, 0.05) is 12.0 Å². The number of hydrogen-bond acceptors (Lipinski definition) is 2. The maximum absolute atomic E-state index is 7.76. The summed E-state index contributed by atoms with van der Waals surface area (Å²) in [5, 5.41) is 15.3. The largest absolute Gasteiger partial charge is 0.392 e. The number of aliphatic hydroxyl groups is 1. The van der Waals surface area contributed by atoms with E-state index >= 15 is 0 Å². The van der Waals surface area contributed by atoms with Crippen molar-refractivity contribution in [3.8, 4) is 6.07 Å². The van der Waals surface area contributed by atoms with Crippen molar-refractivity contribution in [1.82, 2.24) is 0 Å². The van der Waals surface area contributed by atoms with Gasteiger partial charge < -0.3 is 5.11 Å².